The van der Waals surface area contributed by atoms with E-state index in [2.05, 4.69) is 5.32 Å². The lowest BCUT2D eigenvalue weighted by Crippen LogP contribution is -2.54. The Kier molecular flexibility index (Phi) is 11.8. The van der Waals surface area contributed by atoms with Gasteiger partial charge in [0.1, 0.15) is 12.6 Å². The van der Waals surface area contributed by atoms with Gasteiger partial charge in [0.2, 0.25) is 11.8 Å². The Labute approximate surface area is 271 Å². The molecule has 0 aliphatic rings. The predicted octanol–water partition coefficient (Wildman–Crippen LogP) is 6.65. The highest BCUT2D eigenvalue weighted by atomic mass is 35.5. The van der Waals surface area contributed by atoms with Crippen molar-refractivity contribution in [1.29, 1.82) is 0 Å². The van der Waals surface area contributed by atoms with Crippen molar-refractivity contribution >= 4 is 39.1 Å². The standard InChI is InChI=1S/C36H40ClN3O4S/c1-4-27(3)38-36(42)34(24-28-14-8-6-9-15-28)39(25-29-20-22-31(37)23-21-29)35(41)26-40(33-19-13-12-16-30(33)5-2)45(43,44)32-17-10-7-11-18-32/h6-23,27,34H,4-5,24-26H2,1-3H3,(H,38,42)/t27-,34-/m1/s1. The molecule has 0 fully saturated rings. The lowest BCUT2D eigenvalue weighted by atomic mass is 10.0. The molecule has 0 saturated heterocycles. The number of hydrogen-bond donors (Lipinski definition) is 1. The lowest BCUT2D eigenvalue weighted by Gasteiger charge is -2.34. The number of hydrogen-bond acceptors (Lipinski definition) is 4. The first-order valence-corrected chi connectivity index (χ1v) is 17.0. The van der Waals surface area contributed by atoms with Crippen molar-refractivity contribution in [3.05, 3.63) is 131 Å². The summed E-state index contributed by atoms with van der Waals surface area (Å²) in [7, 11) is -4.15. The highest BCUT2D eigenvalue weighted by molar-refractivity contribution is 7.92. The molecule has 1 N–H and O–H groups in total. The van der Waals surface area contributed by atoms with Crippen molar-refractivity contribution in [2.24, 2.45) is 0 Å². The second-order valence-electron chi connectivity index (χ2n) is 11.0. The van der Waals surface area contributed by atoms with E-state index in [1.165, 1.54) is 21.3 Å². The van der Waals surface area contributed by atoms with Gasteiger partial charge < -0.3 is 10.2 Å². The van der Waals surface area contributed by atoms with Crippen LogP contribution in [0.3, 0.4) is 0 Å². The molecule has 0 spiro atoms. The van der Waals surface area contributed by atoms with Gasteiger partial charge in [0.05, 0.1) is 10.6 Å². The summed E-state index contributed by atoms with van der Waals surface area (Å²) in [5.41, 5.74) is 2.84. The van der Waals surface area contributed by atoms with E-state index in [0.717, 1.165) is 16.7 Å². The van der Waals surface area contributed by atoms with Crippen LogP contribution in [0.15, 0.2) is 114 Å². The van der Waals surface area contributed by atoms with Crippen molar-refractivity contribution in [2.45, 2.75) is 63.6 Å². The SMILES string of the molecule is CCc1ccccc1N(CC(=O)N(Cc1ccc(Cl)cc1)[C@H](Cc1ccccc1)C(=O)N[C@H](C)CC)S(=O)(=O)c1ccccc1. The van der Waals surface area contributed by atoms with Crippen LogP contribution in [0, 0.1) is 0 Å². The molecule has 0 radical (unpaired) electrons. The maximum atomic E-state index is 14.6. The fourth-order valence-electron chi connectivity index (χ4n) is 5.07. The maximum Gasteiger partial charge on any atom is 0.264 e. The third-order valence-electron chi connectivity index (χ3n) is 7.79. The molecular weight excluding hydrogens is 606 g/mol. The summed E-state index contributed by atoms with van der Waals surface area (Å²) < 4.78 is 29.6. The topological polar surface area (TPSA) is 86.8 Å². The molecule has 4 aromatic rings. The van der Waals surface area contributed by atoms with Gasteiger partial charge >= 0.3 is 0 Å². The second-order valence-corrected chi connectivity index (χ2v) is 13.3. The predicted molar refractivity (Wildman–Crippen MR) is 181 cm³/mol. The van der Waals surface area contributed by atoms with Gasteiger partial charge in [-0.3, -0.25) is 13.9 Å². The number of rotatable bonds is 14. The molecule has 2 atom stereocenters. The molecular formula is C36H40ClN3O4S. The van der Waals surface area contributed by atoms with Gasteiger partial charge in [-0.2, -0.15) is 0 Å². The molecule has 7 nitrogen and oxygen atoms in total. The number of amides is 2. The van der Waals surface area contributed by atoms with Crippen LogP contribution in [-0.4, -0.2) is 43.8 Å². The zero-order valence-corrected chi connectivity index (χ0v) is 27.5. The number of para-hydroxylation sites is 1. The van der Waals surface area contributed by atoms with Gasteiger partial charge in [-0.15, -0.1) is 0 Å². The average Bonchev–Trinajstić information content (AvgIpc) is 3.06. The second kappa shape index (κ2) is 15.7. The zero-order valence-electron chi connectivity index (χ0n) is 25.9. The van der Waals surface area contributed by atoms with Gasteiger partial charge in [-0.25, -0.2) is 8.42 Å². The summed E-state index contributed by atoms with van der Waals surface area (Å²) in [6.07, 6.45) is 1.53. The number of halogens is 1. The summed E-state index contributed by atoms with van der Waals surface area (Å²) in [5, 5.41) is 3.60. The van der Waals surface area contributed by atoms with Crippen molar-refractivity contribution in [2.75, 3.05) is 10.8 Å². The molecule has 0 heterocycles. The molecule has 4 aromatic carbocycles. The highest BCUT2D eigenvalue weighted by Gasteiger charge is 2.35. The van der Waals surface area contributed by atoms with Crippen LogP contribution in [0.5, 0.6) is 0 Å². The Hall–Kier alpha value is -4.14. The highest BCUT2D eigenvalue weighted by Crippen LogP contribution is 2.28. The van der Waals surface area contributed by atoms with E-state index in [0.29, 0.717) is 23.6 Å². The quantitative estimate of drug-likeness (QED) is 0.166. The Balaban J connectivity index is 1.82. The van der Waals surface area contributed by atoms with E-state index < -0.39 is 28.5 Å². The van der Waals surface area contributed by atoms with Gasteiger partial charge in [0.15, 0.2) is 0 Å². The Bertz CT molecular complexity index is 1670. The molecule has 0 aliphatic heterocycles. The average molecular weight is 646 g/mol. The lowest BCUT2D eigenvalue weighted by molar-refractivity contribution is -0.140. The number of nitrogens with zero attached hydrogens (tertiary/aromatic N) is 2. The molecule has 4 rings (SSSR count). The molecule has 0 unspecified atom stereocenters. The first-order chi connectivity index (χ1) is 21.6. The van der Waals surface area contributed by atoms with Crippen molar-refractivity contribution in [3.8, 4) is 0 Å². The Morgan fingerprint density at radius 1 is 0.800 bits per heavy atom. The van der Waals surface area contributed by atoms with Gasteiger partial charge in [0, 0.05) is 24.0 Å². The van der Waals surface area contributed by atoms with Crippen LogP contribution >= 0.6 is 11.6 Å². The van der Waals surface area contributed by atoms with Crippen molar-refractivity contribution < 1.29 is 18.0 Å². The van der Waals surface area contributed by atoms with E-state index in [-0.39, 0.29) is 29.8 Å². The van der Waals surface area contributed by atoms with Gasteiger partial charge in [-0.1, -0.05) is 104 Å². The first kappa shape index (κ1) is 33.7. The summed E-state index contributed by atoms with van der Waals surface area (Å²) in [4.78, 5) is 30.1. The molecule has 0 bridgehead atoms. The Morgan fingerprint density at radius 2 is 1.40 bits per heavy atom. The van der Waals surface area contributed by atoms with Gasteiger partial charge in [-0.05, 0) is 66.8 Å². The first-order valence-electron chi connectivity index (χ1n) is 15.2. The largest absolute Gasteiger partial charge is 0.352 e. The third kappa shape index (κ3) is 8.74. The van der Waals surface area contributed by atoms with Gasteiger partial charge in [0.25, 0.3) is 10.0 Å². The summed E-state index contributed by atoms with van der Waals surface area (Å²) in [6, 6.07) is 30.8. The fourth-order valence-corrected chi connectivity index (χ4v) is 6.67. The molecule has 0 saturated carbocycles. The number of sulfonamides is 1. The molecule has 0 aromatic heterocycles. The molecule has 9 heteroatoms. The maximum absolute atomic E-state index is 14.6. The minimum Gasteiger partial charge on any atom is -0.352 e. The van der Waals surface area contributed by atoms with E-state index >= 15 is 0 Å². The summed E-state index contributed by atoms with van der Waals surface area (Å²) in [6.45, 7) is 5.42. The fraction of sp³-hybridized carbons (Fsp3) is 0.278. The number of carbonyl (C=O) groups excluding carboxylic acids is 2. The normalized spacial score (nSPS) is 12.6. The number of aryl methyl sites for hydroxylation is 1. The zero-order chi connectivity index (χ0) is 32.4. The van der Waals surface area contributed by atoms with E-state index in [1.807, 2.05) is 63.2 Å². The third-order valence-corrected chi connectivity index (χ3v) is 9.82. The number of nitrogens with one attached hydrogen (secondary N) is 1. The number of carbonyl (C=O) groups is 2. The van der Waals surface area contributed by atoms with E-state index in [1.54, 1.807) is 54.6 Å². The van der Waals surface area contributed by atoms with Crippen LogP contribution < -0.4 is 9.62 Å². The van der Waals surface area contributed by atoms with Crippen LogP contribution in [-0.2, 0) is 39.0 Å². The molecule has 2 amide bonds. The number of benzene rings is 4. The van der Waals surface area contributed by atoms with E-state index in [9.17, 15) is 18.0 Å². The van der Waals surface area contributed by atoms with Crippen LogP contribution in [0.4, 0.5) is 5.69 Å². The summed E-state index contributed by atoms with van der Waals surface area (Å²) >= 11 is 6.16. The Morgan fingerprint density at radius 3 is 2.02 bits per heavy atom. The van der Waals surface area contributed by atoms with Crippen molar-refractivity contribution in [3.63, 3.8) is 0 Å². The number of anilines is 1. The van der Waals surface area contributed by atoms with Crippen molar-refractivity contribution in [1.82, 2.24) is 10.2 Å². The monoisotopic (exact) mass is 645 g/mol. The van der Waals surface area contributed by atoms with Crippen LogP contribution in [0.25, 0.3) is 0 Å². The minimum absolute atomic E-state index is 0.0725. The minimum atomic E-state index is -4.15. The van der Waals surface area contributed by atoms with Crippen LogP contribution in [0.2, 0.25) is 5.02 Å². The molecule has 236 valence electrons. The molecule has 45 heavy (non-hydrogen) atoms. The van der Waals surface area contributed by atoms with Crippen LogP contribution in [0.1, 0.15) is 43.9 Å². The van der Waals surface area contributed by atoms with E-state index in [4.69, 9.17) is 11.6 Å². The smallest absolute Gasteiger partial charge is 0.264 e. The summed E-state index contributed by atoms with van der Waals surface area (Å²) in [5.74, 6) is -0.808. The molecule has 0 aliphatic carbocycles.